The van der Waals surface area contributed by atoms with Gasteiger partial charge >= 0.3 is 5.97 Å². The number of nitrogens with zero attached hydrogens (tertiary/aromatic N) is 1. The molecule has 18 heavy (non-hydrogen) atoms. The third-order valence-electron chi connectivity index (χ3n) is 2.34. The normalized spacial score (nSPS) is 11.3. The van der Waals surface area contributed by atoms with Gasteiger partial charge in [-0.2, -0.15) is 5.10 Å². The molecular weight excluding hydrogens is 232 g/mol. The van der Waals surface area contributed by atoms with Crippen molar-refractivity contribution in [2.75, 3.05) is 5.43 Å². The number of nitrogens with one attached hydrogen (secondary N) is 1. The van der Waals surface area contributed by atoms with Gasteiger partial charge in [-0.15, -0.1) is 0 Å². The van der Waals surface area contributed by atoms with Gasteiger partial charge in [0, 0.05) is 0 Å². The molecule has 0 spiro atoms. The fourth-order valence-electron chi connectivity index (χ4n) is 1.41. The number of hydrogen-bond donors (Lipinski definition) is 2. The summed E-state index contributed by atoms with van der Waals surface area (Å²) < 4.78 is 5.18. The Kier molecular flexibility index (Phi) is 3.43. The molecule has 0 unspecified atom stereocenters. The van der Waals surface area contributed by atoms with Crippen molar-refractivity contribution in [2.24, 2.45) is 5.10 Å². The highest BCUT2D eigenvalue weighted by atomic mass is 16.4. The van der Waals surface area contributed by atoms with Crippen LogP contribution in [0.3, 0.4) is 0 Å². The summed E-state index contributed by atoms with van der Waals surface area (Å²) >= 11 is 0. The van der Waals surface area contributed by atoms with E-state index in [0.717, 1.165) is 0 Å². The molecule has 92 valence electrons. The summed E-state index contributed by atoms with van der Waals surface area (Å²) in [5.74, 6) is -0.303. The Morgan fingerprint density at radius 2 is 2.17 bits per heavy atom. The predicted octanol–water partition coefficient (Wildman–Crippen LogP) is 2.81. The number of carboxylic acids is 1. The molecule has 0 atom stereocenters. The van der Waals surface area contributed by atoms with Gasteiger partial charge < -0.3 is 9.52 Å². The van der Waals surface area contributed by atoms with Gasteiger partial charge in [0.05, 0.1) is 17.5 Å². The van der Waals surface area contributed by atoms with Gasteiger partial charge in [-0.3, -0.25) is 5.43 Å². The molecule has 0 saturated carbocycles. The number of anilines is 1. The van der Waals surface area contributed by atoms with E-state index in [1.807, 2.05) is 0 Å². The van der Waals surface area contributed by atoms with Crippen molar-refractivity contribution in [2.45, 2.75) is 6.92 Å². The van der Waals surface area contributed by atoms with Gasteiger partial charge in [-0.25, -0.2) is 4.79 Å². The van der Waals surface area contributed by atoms with Crippen molar-refractivity contribution in [3.05, 3.63) is 54.0 Å². The van der Waals surface area contributed by atoms with Crippen LogP contribution < -0.4 is 5.43 Å². The van der Waals surface area contributed by atoms with Crippen LogP contribution >= 0.6 is 0 Å². The molecule has 5 heteroatoms. The average molecular weight is 244 g/mol. The lowest BCUT2D eigenvalue weighted by molar-refractivity contribution is 0.0697. The van der Waals surface area contributed by atoms with E-state index in [0.29, 0.717) is 17.2 Å². The molecule has 0 aliphatic carbocycles. The van der Waals surface area contributed by atoms with E-state index in [-0.39, 0.29) is 5.56 Å². The number of hydrazone groups is 1. The monoisotopic (exact) mass is 244 g/mol. The Morgan fingerprint density at radius 3 is 2.83 bits per heavy atom. The topological polar surface area (TPSA) is 74.8 Å². The average Bonchev–Trinajstić information content (AvgIpc) is 2.90. The first kappa shape index (κ1) is 11.9. The molecule has 1 heterocycles. The van der Waals surface area contributed by atoms with Crippen molar-refractivity contribution in [1.82, 2.24) is 0 Å². The smallest absolute Gasteiger partial charge is 0.335 e. The summed E-state index contributed by atoms with van der Waals surface area (Å²) in [6, 6.07) is 10.0. The van der Waals surface area contributed by atoms with Crippen LogP contribution in [0.4, 0.5) is 5.69 Å². The van der Waals surface area contributed by atoms with E-state index in [1.165, 1.54) is 12.1 Å². The van der Waals surface area contributed by atoms with E-state index in [1.54, 1.807) is 37.5 Å². The Bertz CT molecular complexity index is 574. The van der Waals surface area contributed by atoms with Crippen molar-refractivity contribution in [1.29, 1.82) is 0 Å². The minimum atomic E-state index is -0.967. The van der Waals surface area contributed by atoms with Crippen LogP contribution in [0.5, 0.6) is 0 Å². The molecule has 0 bridgehead atoms. The Labute approximate surface area is 104 Å². The number of aromatic carboxylic acids is 1. The summed E-state index contributed by atoms with van der Waals surface area (Å²) in [5, 5.41) is 13.0. The molecule has 0 saturated heterocycles. The maximum Gasteiger partial charge on any atom is 0.335 e. The highest BCUT2D eigenvalue weighted by Gasteiger charge is 2.03. The van der Waals surface area contributed by atoms with Crippen LogP contribution in [0.15, 0.2) is 52.2 Å². The van der Waals surface area contributed by atoms with Gasteiger partial charge in [-0.1, -0.05) is 6.07 Å². The van der Waals surface area contributed by atoms with Crippen molar-refractivity contribution < 1.29 is 14.3 Å². The van der Waals surface area contributed by atoms with Crippen molar-refractivity contribution in [3.8, 4) is 0 Å². The molecule has 2 rings (SSSR count). The van der Waals surface area contributed by atoms with Crippen molar-refractivity contribution >= 4 is 17.4 Å². The molecule has 5 nitrogen and oxygen atoms in total. The zero-order valence-corrected chi connectivity index (χ0v) is 9.75. The molecular formula is C13H12N2O3. The first-order chi connectivity index (χ1) is 8.66. The van der Waals surface area contributed by atoms with Crippen LogP contribution in [-0.4, -0.2) is 16.8 Å². The lowest BCUT2D eigenvalue weighted by Gasteiger charge is -2.02. The SMILES string of the molecule is C/C(=N\Nc1cccc(C(=O)O)c1)c1ccco1. The maximum atomic E-state index is 10.8. The Hall–Kier alpha value is -2.56. The lowest BCUT2D eigenvalue weighted by Crippen LogP contribution is -2.00. The predicted molar refractivity (Wildman–Crippen MR) is 67.9 cm³/mol. The van der Waals surface area contributed by atoms with Gasteiger partial charge in [0.25, 0.3) is 0 Å². The van der Waals surface area contributed by atoms with Crippen LogP contribution in [-0.2, 0) is 0 Å². The fourth-order valence-corrected chi connectivity index (χ4v) is 1.41. The van der Waals surface area contributed by atoms with Gasteiger partial charge in [0.15, 0.2) is 0 Å². The second kappa shape index (κ2) is 5.18. The molecule has 0 fully saturated rings. The third kappa shape index (κ3) is 2.76. The largest absolute Gasteiger partial charge is 0.478 e. The van der Waals surface area contributed by atoms with E-state index >= 15 is 0 Å². The van der Waals surface area contributed by atoms with Crippen LogP contribution in [0.25, 0.3) is 0 Å². The Balaban J connectivity index is 2.13. The molecule has 0 radical (unpaired) electrons. The van der Waals surface area contributed by atoms with E-state index in [4.69, 9.17) is 9.52 Å². The molecule has 1 aromatic carbocycles. The summed E-state index contributed by atoms with van der Waals surface area (Å²) in [5.41, 5.74) is 4.30. The van der Waals surface area contributed by atoms with E-state index in [2.05, 4.69) is 10.5 Å². The number of furan rings is 1. The lowest BCUT2D eigenvalue weighted by atomic mass is 10.2. The molecule has 0 aliphatic rings. The Morgan fingerprint density at radius 1 is 1.33 bits per heavy atom. The summed E-state index contributed by atoms with van der Waals surface area (Å²) in [7, 11) is 0. The highest BCUT2D eigenvalue weighted by Crippen LogP contribution is 2.11. The van der Waals surface area contributed by atoms with Crippen LogP contribution in [0, 0.1) is 0 Å². The number of rotatable bonds is 4. The fraction of sp³-hybridized carbons (Fsp3) is 0.0769. The molecule has 0 amide bonds. The van der Waals surface area contributed by atoms with Gasteiger partial charge in [0.1, 0.15) is 11.5 Å². The zero-order valence-electron chi connectivity index (χ0n) is 9.75. The van der Waals surface area contributed by atoms with Gasteiger partial charge in [0.2, 0.25) is 0 Å². The minimum Gasteiger partial charge on any atom is -0.478 e. The van der Waals surface area contributed by atoms with Crippen molar-refractivity contribution in [3.63, 3.8) is 0 Å². The second-order valence-electron chi connectivity index (χ2n) is 3.67. The molecule has 1 aromatic heterocycles. The zero-order chi connectivity index (χ0) is 13.0. The maximum absolute atomic E-state index is 10.8. The minimum absolute atomic E-state index is 0.214. The standard InChI is InChI=1S/C13H12N2O3/c1-9(12-6-3-7-18-12)14-15-11-5-2-4-10(8-11)13(16)17/h2-8,15H,1H3,(H,16,17)/b14-9+. The number of carboxylic acid groups (broad SMARTS) is 1. The second-order valence-corrected chi connectivity index (χ2v) is 3.67. The summed E-state index contributed by atoms with van der Waals surface area (Å²) in [6.45, 7) is 1.80. The number of benzene rings is 1. The quantitative estimate of drug-likeness (QED) is 0.640. The summed E-state index contributed by atoms with van der Waals surface area (Å²) in [6.07, 6.45) is 1.57. The first-order valence-electron chi connectivity index (χ1n) is 5.34. The summed E-state index contributed by atoms with van der Waals surface area (Å²) in [4.78, 5) is 10.8. The van der Waals surface area contributed by atoms with Gasteiger partial charge in [-0.05, 0) is 37.3 Å². The van der Waals surface area contributed by atoms with Crippen LogP contribution in [0.1, 0.15) is 23.0 Å². The number of carbonyl (C=O) groups is 1. The first-order valence-corrected chi connectivity index (χ1v) is 5.34. The van der Waals surface area contributed by atoms with Crippen LogP contribution in [0.2, 0.25) is 0 Å². The molecule has 2 aromatic rings. The molecule has 2 N–H and O–H groups in total. The van der Waals surface area contributed by atoms with E-state index < -0.39 is 5.97 Å². The third-order valence-corrected chi connectivity index (χ3v) is 2.34. The van der Waals surface area contributed by atoms with E-state index in [9.17, 15) is 4.79 Å². The number of hydrogen-bond acceptors (Lipinski definition) is 4. The highest BCUT2D eigenvalue weighted by molar-refractivity contribution is 5.96. The molecule has 0 aliphatic heterocycles.